The van der Waals surface area contributed by atoms with E-state index in [9.17, 15) is 9.59 Å². The van der Waals surface area contributed by atoms with Gasteiger partial charge in [0.2, 0.25) is 0 Å². The second kappa shape index (κ2) is 7.85. The Morgan fingerprint density at radius 3 is 2.60 bits per heavy atom. The number of esters is 1. The standard InChI is InChI=1S/C18H17N3O3S/c1-2-24-16(22)12-25-18-20-14-10-6-7-11-15(14)21(18)17(23)19-13-8-4-3-5-9-13/h3-11H,2,12H2,1H3,(H,19,23). The smallest absolute Gasteiger partial charge is 0.332 e. The number of fused-ring (bicyclic) bond motifs is 1. The Labute approximate surface area is 149 Å². The molecular formula is C18H17N3O3S. The minimum Gasteiger partial charge on any atom is -0.465 e. The van der Waals surface area contributed by atoms with E-state index < -0.39 is 0 Å². The van der Waals surface area contributed by atoms with Crippen LogP contribution in [0.2, 0.25) is 0 Å². The van der Waals surface area contributed by atoms with Gasteiger partial charge < -0.3 is 10.1 Å². The molecule has 0 unspecified atom stereocenters. The summed E-state index contributed by atoms with van der Waals surface area (Å²) in [6.07, 6.45) is 0. The third-order valence-electron chi connectivity index (χ3n) is 3.38. The van der Waals surface area contributed by atoms with Crippen LogP contribution in [0.25, 0.3) is 11.0 Å². The second-order valence-corrected chi connectivity index (χ2v) is 6.05. The Morgan fingerprint density at radius 2 is 1.84 bits per heavy atom. The Kier molecular flexibility index (Phi) is 5.35. The molecule has 25 heavy (non-hydrogen) atoms. The molecule has 1 heterocycles. The van der Waals surface area contributed by atoms with Gasteiger partial charge in [-0.2, -0.15) is 0 Å². The number of nitrogens with zero attached hydrogens (tertiary/aromatic N) is 2. The number of carbonyl (C=O) groups is 2. The summed E-state index contributed by atoms with van der Waals surface area (Å²) < 4.78 is 6.41. The molecule has 1 amide bonds. The van der Waals surface area contributed by atoms with Crippen molar-refractivity contribution in [2.45, 2.75) is 12.1 Å². The highest BCUT2D eigenvalue weighted by Gasteiger charge is 2.18. The maximum Gasteiger partial charge on any atom is 0.332 e. The zero-order chi connectivity index (χ0) is 17.6. The van der Waals surface area contributed by atoms with Gasteiger partial charge in [0, 0.05) is 5.69 Å². The largest absolute Gasteiger partial charge is 0.465 e. The molecule has 0 saturated carbocycles. The van der Waals surface area contributed by atoms with E-state index in [0.717, 1.165) is 0 Å². The lowest BCUT2D eigenvalue weighted by Crippen LogP contribution is -2.20. The van der Waals surface area contributed by atoms with E-state index in [0.29, 0.717) is 28.5 Å². The van der Waals surface area contributed by atoms with Crippen LogP contribution in [0.15, 0.2) is 59.8 Å². The van der Waals surface area contributed by atoms with Crippen molar-refractivity contribution in [2.24, 2.45) is 0 Å². The van der Waals surface area contributed by atoms with Crippen LogP contribution < -0.4 is 5.32 Å². The van der Waals surface area contributed by atoms with Crippen LogP contribution in [0.1, 0.15) is 6.92 Å². The molecule has 3 aromatic rings. The van der Waals surface area contributed by atoms with Crippen LogP contribution in [0.4, 0.5) is 10.5 Å². The van der Waals surface area contributed by atoms with Crippen molar-refractivity contribution in [3.05, 3.63) is 54.6 Å². The van der Waals surface area contributed by atoms with Gasteiger partial charge in [0.25, 0.3) is 0 Å². The van der Waals surface area contributed by atoms with Crippen molar-refractivity contribution in [1.82, 2.24) is 9.55 Å². The molecule has 0 atom stereocenters. The van der Waals surface area contributed by atoms with E-state index in [1.54, 1.807) is 6.92 Å². The quantitative estimate of drug-likeness (QED) is 0.557. The maximum atomic E-state index is 12.8. The number of imidazole rings is 1. The van der Waals surface area contributed by atoms with Crippen molar-refractivity contribution >= 4 is 40.5 Å². The van der Waals surface area contributed by atoms with Crippen LogP contribution in [-0.4, -0.2) is 33.9 Å². The fourth-order valence-corrected chi connectivity index (χ4v) is 3.13. The monoisotopic (exact) mass is 355 g/mol. The zero-order valence-electron chi connectivity index (χ0n) is 13.6. The van der Waals surface area contributed by atoms with E-state index in [2.05, 4.69) is 10.3 Å². The Morgan fingerprint density at radius 1 is 1.12 bits per heavy atom. The molecule has 0 aliphatic heterocycles. The number of aromatic nitrogens is 2. The number of para-hydroxylation sites is 3. The van der Waals surface area contributed by atoms with Gasteiger partial charge in [0.15, 0.2) is 5.16 Å². The van der Waals surface area contributed by atoms with Crippen molar-refractivity contribution < 1.29 is 14.3 Å². The summed E-state index contributed by atoms with van der Waals surface area (Å²) in [6, 6.07) is 16.2. The highest BCUT2D eigenvalue weighted by molar-refractivity contribution is 7.99. The maximum absolute atomic E-state index is 12.8. The highest BCUT2D eigenvalue weighted by atomic mass is 32.2. The number of rotatable bonds is 5. The van der Waals surface area contributed by atoms with Crippen LogP contribution in [0.3, 0.4) is 0 Å². The van der Waals surface area contributed by atoms with Crippen molar-refractivity contribution in [3.63, 3.8) is 0 Å². The van der Waals surface area contributed by atoms with E-state index in [1.807, 2.05) is 54.6 Å². The molecule has 7 heteroatoms. The second-order valence-electron chi connectivity index (χ2n) is 5.11. The van der Waals surface area contributed by atoms with Crippen LogP contribution in [-0.2, 0) is 9.53 Å². The molecule has 0 radical (unpaired) electrons. The van der Waals surface area contributed by atoms with Gasteiger partial charge in [0.1, 0.15) is 0 Å². The van der Waals surface area contributed by atoms with Gasteiger partial charge in [0.05, 0.1) is 23.4 Å². The summed E-state index contributed by atoms with van der Waals surface area (Å²) in [5, 5.41) is 3.29. The molecule has 0 bridgehead atoms. The summed E-state index contributed by atoms with van der Waals surface area (Å²) in [5.74, 6) is -0.245. The lowest BCUT2D eigenvalue weighted by Gasteiger charge is -2.09. The number of hydrogen-bond donors (Lipinski definition) is 1. The molecular weight excluding hydrogens is 338 g/mol. The van der Waals surface area contributed by atoms with Gasteiger partial charge in [-0.1, -0.05) is 42.1 Å². The fraction of sp³-hybridized carbons (Fsp3) is 0.167. The molecule has 0 aliphatic carbocycles. The van der Waals surface area contributed by atoms with E-state index in [-0.39, 0.29) is 17.8 Å². The first kappa shape index (κ1) is 17.0. The van der Waals surface area contributed by atoms with Gasteiger partial charge >= 0.3 is 12.0 Å². The number of anilines is 1. The molecule has 2 aromatic carbocycles. The van der Waals surface area contributed by atoms with E-state index in [1.165, 1.54) is 16.3 Å². The molecule has 6 nitrogen and oxygen atoms in total. The first-order valence-corrected chi connectivity index (χ1v) is 8.80. The summed E-state index contributed by atoms with van der Waals surface area (Å²) >= 11 is 1.18. The van der Waals surface area contributed by atoms with Crippen LogP contribution in [0, 0.1) is 0 Å². The third kappa shape index (κ3) is 4.00. The van der Waals surface area contributed by atoms with E-state index in [4.69, 9.17) is 4.74 Å². The molecule has 0 aliphatic rings. The first-order valence-electron chi connectivity index (χ1n) is 7.81. The topological polar surface area (TPSA) is 73.2 Å². The molecule has 1 aromatic heterocycles. The van der Waals surface area contributed by atoms with Gasteiger partial charge in [-0.05, 0) is 31.2 Å². The number of hydrogen-bond acceptors (Lipinski definition) is 5. The van der Waals surface area contributed by atoms with Crippen molar-refractivity contribution in [1.29, 1.82) is 0 Å². The molecule has 0 spiro atoms. The summed E-state index contributed by atoms with van der Waals surface area (Å²) in [7, 11) is 0. The third-order valence-corrected chi connectivity index (χ3v) is 4.29. The lowest BCUT2D eigenvalue weighted by molar-refractivity contribution is -0.139. The predicted molar refractivity (Wildman–Crippen MR) is 97.9 cm³/mol. The normalized spacial score (nSPS) is 10.6. The summed E-state index contributed by atoms with van der Waals surface area (Å²) in [6.45, 7) is 2.08. The minimum atomic E-state index is -0.338. The number of thioether (sulfide) groups is 1. The van der Waals surface area contributed by atoms with Gasteiger partial charge in [-0.25, -0.2) is 14.3 Å². The first-order chi connectivity index (χ1) is 12.2. The minimum absolute atomic E-state index is 0.0930. The molecule has 0 saturated heterocycles. The van der Waals surface area contributed by atoms with Crippen molar-refractivity contribution in [2.75, 3.05) is 17.7 Å². The van der Waals surface area contributed by atoms with Crippen molar-refractivity contribution in [3.8, 4) is 0 Å². The van der Waals surface area contributed by atoms with Gasteiger partial charge in [-0.3, -0.25) is 4.79 Å². The summed E-state index contributed by atoms with van der Waals surface area (Å²) in [4.78, 5) is 28.9. The Bertz CT molecular complexity index is 893. The number of ether oxygens (including phenoxy) is 1. The Hall–Kier alpha value is -2.80. The predicted octanol–water partition coefficient (Wildman–Crippen LogP) is 3.77. The SMILES string of the molecule is CCOC(=O)CSc1nc2ccccc2n1C(=O)Nc1ccccc1. The molecule has 128 valence electrons. The average Bonchev–Trinajstić information content (AvgIpc) is 2.99. The molecule has 0 fully saturated rings. The number of benzene rings is 2. The molecule has 1 N–H and O–H groups in total. The lowest BCUT2D eigenvalue weighted by atomic mass is 10.3. The number of nitrogens with one attached hydrogen (secondary N) is 1. The number of amides is 1. The van der Waals surface area contributed by atoms with Crippen LogP contribution in [0.5, 0.6) is 0 Å². The average molecular weight is 355 g/mol. The zero-order valence-corrected chi connectivity index (χ0v) is 14.5. The fourth-order valence-electron chi connectivity index (χ4n) is 2.32. The van der Waals surface area contributed by atoms with E-state index >= 15 is 0 Å². The number of carbonyl (C=O) groups excluding carboxylic acids is 2. The Balaban J connectivity index is 1.90. The molecule has 3 rings (SSSR count). The van der Waals surface area contributed by atoms with Crippen LogP contribution >= 0.6 is 11.8 Å². The summed E-state index contributed by atoms with van der Waals surface area (Å²) in [5.41, 5.74) is 2.06. The highest BCUT2D eigenvalue weighted by Crippen LogP contribution is 2.24. The van der Waals surface area contributed by atoms with Gasteiger partial charge in [-0.15, -0.1) is 0 Å².